The predicted molar refractivity (Wildman–Crippen MR) is 101 cm³/mol. The van der Waals surface area contributed by atoms with Crippen molar-refractivity contribution in [3.8, 4) is 11.3 Å². The van der Waals surface area contributed by atoms with Crippen molar-refractivity contribution in [1.29, 1.82) is 0 Å². The molecular formula is C18H24N8O. The van der Waals surface area contributed by atoms with Gasteiger partial charge in [0.15, 0.2) is 0 Å². The van der Waals surface area contributed by atoms with Crippen molar-refractivity contribution in [2.24, 2.45) is 10.7 Å². The third-order valence-electron chi connectivity index (χ3n) is 4.78. The van der Waals surface area contributed by atoms with Crippen molar-refractivity contribution in [3.63, 3.8) is 0 Å². The molecule has 1 unspecified atom stereocenters. The molecule has 2 aromatic heterocycles. The summed E-state index contributed by atoms with van der Waals surface area (Å²) in [4.78, 5) is 12.9. The highest BCUT2D eigenvalue weighted by molar-refractivity contribution is 5.85. The van der Waals surface area contributed by atoms with Gasteiger partial charge in [0.05, 0.1) is 11.9 Å². The van der Waals surface area contributed by atoms with Crippen LogP contribution < -0.4 is 16.4 Å². The first-order valence-corrected chi connectivity index (χ1v) is 9.19. The van der Waals surface area contributed by atoms with Gasteiger partial charge < -0.3 is 21.1 Å². The molecule has 1 saturated heterocycles. The second-order valence-corrected chi connectivity index (χ2v) is 6.76. The van der Waals surface area contributed by atoms with Gasteiger partial charge in [0.1, 0.15) is 17.8 Å². The van der Waals surface area contributed by atoms with Gasteiger partial charge in [-0.05, 0) is 31.4 Å². The number of nitrogens with zero attached hydrogens (tertiary/aromatic N) is 5. The molecule has 9 nitrogen and oxygen atoms in total. The maximum Gasteiger partial charge on any atom is 0.227 e. The van der Waals surface area contributed by atoms with Crippen molar-refractivity contribution in [2.75, 3.05) is 13.2 Å². The second-order valence-electron chi connectivity index (χ2n) is 6.76. The van der Waals surface area contributed by atoms with Crippen LogP contribution in [0.1, 0.15) is 26.2 Å². The Morgan fingerprint density at radius 2 is 2.26 bits per heavy atom. The van der Waals surface area contributed by atoms with Gasteiger partial charge in [-0.25, -0.2) is 19.6 Å². The van der Waals surface area contributed by atoms with E-state index in [9.17, 15) is 0 Å². The van der Waals surface area contributed by atoms with E-state index in [2.05, 4.69) is 30.7 Å². The normalized spacial score (nSPS) is 23.3. The lowest BCUT2D eigenvalue weighted by Gasteiger charge is -2.32. The smallest absolute Gasteiger partial charge is 0.227 e. The van der Waals surface area contributed by atoms with Gasteiger partial charge >= 0.3 is 0 Å². The summed E-state index contributed by atoms with van der Waals surface area (Å²) in [5.41, 5.74) is 7.37. The van der Waals surface area contributed by atoms with Crippen LogP contribution in [0.3, 0.4) is 0 Å². The van der Waals surface area contributed by atoms with E-state index in [1.165, 1.54) is 6.33 Å². The molecule has 0 saturated carbocycles. The Balaban J connectivity index is 1.56. The fraction of sp³-hybridized carbons (Fsp3) is 0.444. The minimum Gasteiger partial charge on any atom is -0.381 e. The zero-order valence-electron chi connectivity index (χ0n) is 15.3. The molecule has 1 atom stereocenters. The maximum atomic E-state index is 6.47. The van der Waals surface area contributed by atoms with Crippen LogP contribution in [0, 0.1) is 0 Å². The summed E-state index contributed by atoms with van der Waals surface area (Å²) in [6.45, 7) is 3.56. The average molecular weight is 368 g/mol. The first kappa shape index (κ1) is 17.6. The Kier molecular flexibility index (Phi) is 4.87. The number of rotatable bonds is 4. The molecule has 4 heterocycles. The summed E-state index contributed by atoms with van der Waals surface area (Å²) in [5.74, 6) is 1.44. The molecule has 4 N–H and O–H groups in total. The van der Waals surface area contributed by atoms with E-state index in [-0.39, 0.29) is 0 Å². The number of ether oxygens (including phenoxy) is 1. The quantitative estimate of drug-likeness (QED) is 0.732. The Morgan fingerprint density at radius 3 is 3.00 bits per heavy atom. The molecule has 0 radical (unpaired) electrons. The number of aliphatic imine (C=N–C) groups is 1. The van der Waals surface area contributed by atoms with Crippen LogP contribution >= 0.6 is 0 Å². The molecule has 9 heteroatoms. The van der Waals surface area contributed by atoms with Gasteiger partial charge in [-0.3, -0.25) is 0 Å². The minimum absolute atomic E-state index is 0.354. The third kappa shape index (κ3) is 3.99. The number of nitrogens with one attached hydrogen (secondary N) is 2. The summed E-state index contributed by atoms with van der Waals surface area (Å²) in [5, 5.41) is 11.3. The van der Waals surface area contributed by atoms with E-state index in [1.54, 1.807) is 17.1 Å². The molecule has 1 fully saturated rings. The summed E-state index contributed by atoms with van der Waals surface area (Å²) >= 11 is 0. The first-order chi connectivity index (χ1) is 13.1. The van der Waals surface area contributed by atoms with Gasteiger partial charge in [0.2, 0.25) is 5.96 Å². The second kappa shape index (κ2) is 7.45. The summed E-state index contributed by atoms with van der Waals surface area (Å²) in [7, 11) is 0. The number of aromatic nitrogens is 4. The van der Waals surface area contributed by atoms with Crippen LogP contribution in [0.15, 0.2) is 47.9 Å². The summed E-state index contributed by atoms with van der Waals surface area (Å²) in [6.07, 6.45) is 11.4. The topological polar surface area (TPSA) is 115 Å². The molecule has 27 heavy (non-hydrogen) atoms. The van der Waals surface area contributed by atoms with Crippen molar-refractivity contribution in [3.05, 3.63) is 42.9 Å². The number of hydrogen-bond donors (Lipinski definition) is 3. The fourth-order valence-electron chi connectivity index (χ4n) is 3.13. The lowest BCUT2D eigenvalue weighted by atomic mass is 10.1. The standard InChI is InChI=1S/C18H24N8O/c1-2-18(19)9-16(23-14-4-7-27-8-5-14)24-17(25-18)26-11-13(10-22-26)15-3-6-20-12-21-15/h3,6,9-12,14,23H,2,4-5,7-8,19H2,1H3,(H,24,25). The lowest BCUT2D eigenvalue weighted by Crippen LogP contribution is -2.50. The van der Waals surface area contributed by atoms with Gasteiger partial charge in [-0.1, -0.05) is 6.92 Å². The Morgan fingerprint density at radius 1 is 1.41 bits per heavy atom. The van der Waals surface area contributed by atoms with Crippen LogP contribution in [0.2, 0.25) is 0 Å². The van der Waals surface area contributed by atoms with Crippen LogP contribution in [-0.2, 0) is 4.74 Å². The zero-order chi connectivity index (χ0) is 18.7. The van der Waals surface area contributed by atoms with E-state index in [0.29, 0.717) is 18.4 Å². The molecule has 142 valence electrons. The highest BCUT2D eigenvalue weighted by Gasteiger charge is 2.28. The molecular weight excluding hydrogens is 344 g/mol. The lowest BCUT2D eigenvalue weighted by molar-refractivity contribution is 0.0800. The predicted octanol–water partition coefficient (Wildman–Crippen LogP) is 0.822. The molecule has 0 spiro atoms. The fourth-order valence-corrected chi connectivity index (χ4v) is 3.13. The van der Waals surface area contributed by atoms with Crippen LogP contribution in [0.4, 0.5) is 0 Å². The van der Waals surface area contributed by atoms with E-state index in [1.807, 2.05) is 25.3 Å². The molecule has 2 aliphatic rings. The zero-order valence-corrected chi connectivity index (χ0v) is 15.3. The molecule has 2 aliphatic heterocycles. The maximum absolute atomic E-state index is 6.47. The van der Waals surface area contributed by atoms with Crippen LogP contribution in [-0.4, -0.2) is 50.6 Å². The first-order valence-electron chi connectivity index (χ1n) is 9.19. The molecule has 0 aromatic carbocycles. The van der Waals surface area contributed by atoms with Gasteiger partial charge in [-0.15, -0.1) is 0 Å². The number of hydrogen-bond acceptors (Lipinski definition) is 8. The van der Waals surface area contributed by atoms with Gasteiger partial charge in [-0.2, -0.15) is 5.10 Å². The van der Waals surface area contributed by atoms with Crippen LogP contribution in [0.5, 0.6) is 0 Å². The van der Waals surface area contributed by atoms with Crippen molar-refractivity contribution < 1.29 is 4.74 Å². The van der Waals surface area contributed by atoms with E-state index < -0.39 is 5.66 Å². The Labute approximate surface area is 157 Å². The van der Waals surface area contributed by atoms with Gasteiger partial charge in [0, 0.05) is 37.2 Å². The van der Waals surface area contributed by atoms with Crippen molar-refractivity contribution >= 4 is 5.96 Å². The largest absolute Gasteiger partial charge is 0.381 e. The monoisotopic (exact) mass is 368 g/mol. The van der Waals surface area contributed by atoms with E-state index in [0.717, 1.165) is 43.1 Å². The SMILES string of the molecule is CCC1(N)C=C(NC2CCOCC2)NC(n2cc(-c3ccncn3)cn2)=N1. The molecule has 0 bridgehead atoms. The average Bonchev–Trinajstić information content (AvgIpc) is 3.19. The summed E-state index contributed by atoms with van der Waals surface area (Å²) in [6, 6.07) is 2.20. The molecule has 2 aromatic rings. The van der Waals surface area contributed by atoms with Crippen LogP contribution in [0.25, 0.3) is 11.3 Å². The van der Waals surface area contributed by atoms with E-state index in [4.69, 9.17) is 10.5 Å². The highest BCUT2D eigenvalue weighted by atomic mass is 16.5. The Bertz CT molecular complexity index is 840. The molecule has 0 amide bonds. The summed E-state index contributed by atoms with van der Waals surface area (Å²) < 4.78 is 7.12. The van der Waals surface area contributed by atoms with E-state index >= 15 is 0 Å². The highest BCUT2D eigenvalue weighted by Crippen LogP contribution is 2.19. The number of nitrogens with two attached hydrogens (primary N) is 1. The molecule has 0 aliphatic carbocycles. The third-order valence-corrected chi connectivity index (χ3v) is 4.78. The molecule has 4 rings (SSSR count). The Hall–Kier alpha value is -2.78. The van der Waals surface area contributed by atoms with Gasteiger partial charge in [0.25, 0.3) is 0 Å². The van der Waals surface area contributed by atoms with Crippen molar-refractivity contribution in [2.45, 2.75) is 37.9 Å². The van der Waals surface area contributed by atoms with Crippen molar-refractivity contribution in [1.82, 2.24) is 30.4 Å². The minimum atomic E-state index is -0.783.